The van der Waals surface area contributed by atoms with E-state index in [0.717, 1.165) is 25.1 Å². The molecule has 0 atom stereocenters. The number of benzene rings is 1. The average molecular weight is 287 g/mol. The van der Waals surface area contributed by atoms with Gasteiger partial charge >= 0.3 is 0 Å². The van der Waals surface area contributed by atoms with Gasteiger partial charge in [0.2, 0.25) is 11.8 Å². The van der Waals surface area contributed by atoms with Crippen molar-refractivity contribution in [1.82, 2.24) is 5.32 Å². The van der Waals surface area contributed by atoms with Crippen LogP contribution in [0.25, 0.3) is 0 Å². The smallest absolute Gasteiger partial charge is 0.246 e. The summed E-state index contributed by atoms with van der Waals surface area (Å²) < 4.78 is 0. The zero-order valence-corrected chi connectivity index (χ0v) is 12.1. The molecule has 21 heavy (non-hydrogen) atoms. The number of hydrogen-bond donors (Lipinski definition) is 2. The summed E-state index contributed by atoms with van der Waals surface area (Å²) in [6.45, 7) is 0.665. The molecular formula is C16H21N3O2. The molecule has 0 saturated heterocycles. The predicted molar refractivity (Wildman–Crippen MR) is 81.0 cm³/mol. The lowest BCUT2D eigenvalue weighted by molar-refractivity contribution is -0.124. The zero-order chi connectivity index (χ0) is 14.9. The van der Waals surface area contributed by atoms with Gasteiger partial charge in [0.1, 0.15) is 0 Å². The Morgan fingerprint density at radius 3 is 2.67 bits per heavy atom. The number of nitrogens with one attached hydrogen (secondary N) is 1. The standard InChI is InChI=1S/C16H21N3O2/c17-9-14(20)18-10-15(21)19-11-16(7-3-4-8-16)12-5-1-2-6-13(12)19/h1-2,5-6H,3-4,7-11,17H2,(H,18,20). The molecule has 112 valence electrons. The molecule has 2 amide bonds. The first-order valence-corrected chi connectivity index (χ1v) is 7.53. The lowest BCUT2D eigenvalue weighted by atomic mass is 9.81. The highest BCUT2D eigenvalue weighted by atomic mass is 16.2. The number of nitrogens with two attached hydrogens (primary N) is 1. The second-order valence-electron chi connectivity index (χ2n) is 5.97. The maximum atomic E-state index is 12.4. The van der Waals surface area contributed by atoms with Crippen LogP contribution in [0.15, 0.2) is 24.3 Å². The molecule has 0 radical (unpaired) electrons. The molecule has 1 spiro atoms. The number of rotatable bonds is 3. The van der Waals surface area contributed by atoms with E-state index in [-0.39, 0.29) is 30.3 Å². The second-order valence-corrected chi connectivity index (χ2v) is 5.97. The molecule has 1 aliphatic heterocycles. The minimum atomic E-state index is -0.300. The van der Waals surface area contributed by atoms with E-state index in [0.29, 0.717) is 0 Å². The van der Waals surface area contributed by atoms with Crippen LogP contribution in [-0.4, -0.2) is 31.4 Å². The van der Waals surface area contributed by atoms with Crippen molar-refractivity contribution in [3.63, 3.8) is 0 Å². The van der Waals surface area contributed by atoms with Crippen molar-refractivity contribution in [2.45, 2.75) is 31.1 Å². The number of nitrogens with zero attached hydrogens (tertiary/aromatic N) is 1. The first-order valence-electron chi connectivity index (χ1n) is 7.53. The van der Waals surface area contributed by atoms with Crippen LogP contribution in [-0.2, 0) is 15.0 Å². The SMILES string of the molecule is NCC(=O)NCC(=O)N1CC2(CCCC2)c2ccccc21. The fourth-order valence-electron chi connectivity index (χ4n) is 3.67. The summed E-state index contributed by atoms with van der Waals surface area (Å²) >= 11 is 0. The van der Waals surface area contributed by atoms with Gasteiger partial charge in [0.05, 0.1) is 13.1 Å². The normalized spacial score (nSPS) is 18.8. The first kappa shape index (κ1) is 14.1. The summed E-state index contributed by atoms with van der Waals surface area (Å²) in [5.74, 6) is -0.362. The number of fused-ring (bicyclic) bond motifs is 2. The monoisotopic (exact) mass is 287 g/mol. The van der Waals surface area contributed by atoms with Crippen LogP contribution in [0.3, 0.4) is 0 Å². The van der Waals surface area contributed by atoms with E-state index in [1.54, 1.807) is 0 Å². The van der Waals surface area contributed by atoms with E-state index in [4.69, 9.17) is 5.73 Å². The summed E-state index contributed by atoms with van der Waals surface area (Å²) in [4.78, 5) is 25.5. The number of anilines is 1. The molecule has 1 saturated carbocycles. The van der Waals surface area contributed by atoms with E-state index in [9.17, 15) is 9.59 Å². The molecule has 3 rings (SSSR count). The van der Waals surface area contributed by atoms with Crippen LogP contribution in [0, 0.1) is 0 Å². The Hall–Kier alpha value is -1.88. The maximum absolute atomic E-state index is 12.4. The van der Waals surface area contributed by atoms with E-state index in [2.05, 4.69) is 11.4 Å². The molecule has 5 heteroatoms. The molecule has 1 aromatic rings. The van der Waals surface area contributed by atoms with Gasteiger partial charge < -0.3 is 16.0 Å². The lowest BCUT2D eigenvalue weighted by Crippen LogP contribution is -2.43. The largest absolute Gasteiger partial charge is 0.346 e. The minimum Gasteiger partial charge on any atom is -0.346 e. The highest BCUT2D eigenvalue weighted by Gasteiger charge is 2.45. The van der Waals surface area contributed by atoms with Crippen LogP contribution < -0.4 is 16.0 Å². The fraction of sp³-hybridized carbons (Fsp3) is 0.500. The lowest BCUT2D eigenvalue weighted by Gasteiger charge is -2.24. The third-order valence-electron chi connectivity index (χ3n) is 4.71. The van der Waals surface area contributed by atoms with Gasteiger partial charge in [0.15, 0.2) is 0 Å². The quantitative estimate of drug-likeness (QED) is 0.868. The highest BCUT2D eigenvalue weighted by molar-refractivity contribution is 5.99. The third kappa shape index (κ3) is 2.42. The van der Waals surface area contributed by atoms with Crippen molar-refractivity contribution in [3.05, 3.63) is 29.8 Å². The number of amides is 2. The Balaban J connectivity index is 1.81. The van der Waals surface area contributed by atoms with E-state index in [1.807, 2.05) is 23.1 Å². The van der Waals surface area contributed by atoms with E-state index < -0.39 is 0 Å². The summed E-state index contributed by atoms with van der Waals surface area (Å²) in [6, 6.07) is 8.16. The number of para-hydroxylation sites is 1. The van der Waals surface area contributed by atoms with Crippen molar-refractivity contribution in [1.29, 1.82) is 0 Å². The summed E-state index contributed by atoms with van der Waals surface area (Å²) in [5, 5.41) is 2.56. The highest BCUT2D eigenvalue weighted by Crippen LogP contribution is 2.50. The average Bonchev–Trinajstić information content (AvgIpc) is 3.12. The van der Waals surface area contributed by atoms with Gasteiger partial charge in [-0.3, -0.25) is 9.59 Å². The molecular weight excluding hydrogens is 266 g/mol. The second kappa shape index (κ2) is 5.48. The van der Waals surface area contributed by atoms with Gasteiger partial charge in [-0.1, -0.05) is 31.0 Å². The molecule has 3 N–H and O–H groups in total. The minimum absolute atomic E-state index is 0.0143. The van der Waals surface area contributed by atoms with Gasteiger partial charge in [-0.05, 0) is 24.5 Å². The van der Waals surface area contributed by atoms with Gasteiger partial charge in [-0.2, -0.15) is 0 Å². The summed E-state index contributed by atoms with van der Waals surface area (Å²) in [6.07, 6.45) is 4.73. The van der Waals surface area contributed by atoms with Crippen molar-refractivity contribution in [3.8, 4) is 0 Å². The van der Waals surface area contributed by atoms with E-state index in [1.165, 1.54) is 18.4 Å². The topological polar surface area (TPSA) is 75.4 Å². The van der Waals surface area contributed by atoms with Crippen LogP contribution >= 0.6 is 0 Å². The molecule has 1 fully saturated rings. The number of carbonyl (C=O) groups is 2. The van der Waals surface area contributed by atoms with Gasteiger partial charge in [-0.25, -0.2) is 0 Å². The van der Waals surface area contributed by atoms with Gasteiger partial charge in [-0.15, -0.1) is 0 Å². The molecule has 2 aliphatic rings. The van der Waals surface area contributed by atoms with Crippen molar-refractivity contribution in [2.24, 2.45) is 5.73 Å². The van der Waals surface area contributed by atoms with Crippen LogP contribution in [0.2, 0.25) is 0 Å². The molecule has 5 nitrogen and oxygen atoms in total. The first-order chi connectivity index (χ1) is 10.2. The molecule has 0 bridgehead atoms. The van der Waals surface area contributed by atoms with E-state index >= 15 is 0 Å². The molecule has 0 aromatic heterocycles. The predicted octanol–water partition coefficient (Wildman–Crippen LogP) is 0.920. The Kier molecular flexibility index (Phi) is 3.68. The van der Waals surface area contributed by atoms with Gasteiger partial charge in [0.25, 0.3) is 0 Å². The van der Waals surface area contributed by atoms with Crippen LogP contribution in [0.4, 0.5) is 5.69 Å². The number of hydrogen-bond acceptors (Lipinski definition) is 3. The summed E-state index contributed by atoms with van der Waals surface area (Å²) in [7, 11) is 0. The third-order valence-corrected chi connectivity index (χ3v) is 4.71. The molecule has 0 unspecified atom stereocenters. The van der Waals surface area contributed by atoms with Crippen molar-refractivity contribution >= 4 is 17.5 Å². The molecule has 1 aliphatic carbocycles. The molecule has 1 heterocycles. The maximum Gasteiger partial charge on any atom is 0.246 e. The van der Waals surface area contributed by atoms with Gasteiger partial charge in [0, 0.05) is 17.6 Å². The molecule has 1 aromatic carbocycles. The Bertz CT molecular complexity index is 564. The van der Waals surface area contributed by atoms with Crippen LogP contribution in [0.1, 0.15) is 31.2 Å². The Morgan fingerprint density at radius 2 is 1.95 bits per heavy atom. The van der Waals surface area contributed by atoms with Crippen LogP contribution in [0.5, 0.6) is 0 Å². The fourth-order valence-corrected chi connectivity index (χ4v) is 3.67. The van der Waals surface area contributed by atoms with Crippen molar-refractivity contribution in [2.75, 3.05) is 24.5 Å². The number of carbonyl (C=O) groups excluding carboxylic acids is 2. The Morgan fingerprint density at radius 1 is 1.24 bits per heavy atom. The van der Waals surface area contributed by atoms with Crippen molar-refractivity contribution < 1.29 is 9.59 Å². The Labute approximate surface area is 124 Å². The zero-order valence-electron chi connectivity index (χ0n) is 12.1. The summed E-state index contributed by atoms with van der Waals surface area (Å²) in [5.41, 5.74) is 7.67.